The van der Waals surface area contributed by atoms with Gasteiger partial charge >= 0.3 is 0 Å². The molecular formula is C18H14Cl3N3O3S. The summed E-state index contributed by atoms with van der Waals surface area (Å²) in [7, 11) is -3.89. The normalized spacial score (nSPS) is 11.5. The van der Waals surface area contributed by atoms with Crippen LogP contribution in [-0.2, 0) is 16.6 Å². The van der Waals surface area contributed by atoms with Crippen LogP contribution in [0, 0.1) is 0 Å². The quantitative estimate of drug-likeness (QED) is 0.608. The van der Waals surface area contributed by atoms with Gasteiger partial charge in [-0.2, -0.15) is 5.10 Å². The van der Waals surface area contributed by atoms with Crippen molar-refractivity contribution in [2.45, 2.75) is 11.4 Å². The van der Waals surface area contributed by atoms with Crippen LogP contribution in [0.3, 0.4) is 0 Å². The Morgan fingerprint density at radius 2 is 1.68 bits per heavy atom. The average molecular weight is 459 g/mol. The standard InChI is InChI=1S/C18H14Cl3N3O3S/c19-13-6-4-12(5-7-13)15-8-9-17(25)24(23-15)11-10-22-28(26,27)16-3-1-2-14(20)18(16)21/h1-9,22H,10-11H2. The maximum absolute atomic E-state index is 12.4. The number of benzene rings is 2. The number of nitrogens with zero attached hydrogens (tertiary/aromatic N) is 2. The summed E-state index contributed by atoms with van der Waals surface area (Å²) < 4.78 is 28.4. The summed E-state index contributed by atoms with van der Waals surface area (Å²) in [6.45, 7) is -0.0141. The van der Waals surface area contributed by atoms with Gasteiger partial charge < -0.3 is 0 Å². The lowest BCUT2D eigenvalue weighted by Crippen LogP contribution is -2.32. The number of sulfonamides is 1. The fraction of sp³-hybridized carbons (Fsp3) is 0.111. The molecule has 1 heterocycles. The Bertz CT molecular complexity index is 1160. The Labute approximate surface area is 176 Å². The van der Waals surface area contributed by atoms with Crippen molar-refractivity contribution in [1.82, 2.24) is 14.5 Å². The van der Waals surface area contributed by atoms with E-state index in [1.807, 2.05) is 0 Å². The number of aromatic nitrogens is 2. The van der Waals surface area contributed by atoms with Gasteiger partial charge in [-0.25, -0.2) is 17.8 Å². The molecule has 0 aliphatic rings. The van der Waals surface area contributed by atoms with Crippen LogP contribution in [0.2, 0.25) is 15.1 Å². The molecule has 6 nitrogen and oxygen atoms in total. The van der Waals surface area contributed by atoms with Gasteiger partial charge in [0.15, 0.2) is 0 Å². The second-order valence-electron chi connectivity index (χ2n) is 5.74. The highest BCUT2D eigenvalue weighted by Crippen LogP contribution is 2.28. The summed E-state index contributed by atoms with van der Waals surface area (Å²) in [5, 5.41) is 4.94. The topological polar surface area (TPSA) is 81.1 Å². The van der Waals surface area contributed by atoms with Crippen molar-refractivity contribution in [2.75, 3.05) is 6.54 Å². The van der Waals surface area contributed by atoms with Crippen LogP contribution in [0.5, 0.6) is 0 Å². The first-order chi connectivity index (χ1) is 13.3. The van der Waals surface area contributed by atoms with E-state index in [2.05, 4.69) is 9.82 Å². The zero-order valence-corrected chi connectivity index (χ0v) is 17.4. The zero-order valence-electron chi connectivity index (χ0n) is 14.3. The minimum atomic E-state index is -3.89. The monoisotopic (exact) mass is 457 g/mol. The summed E-state index contributed by atoms with van der Waals surface area (Å²) in [6.07, 6.45) is 0. The molecule has 146 valence electrons. The van der Waals surface area contributed by atoms with Crippen molar-refractivity contribution in [3.8, 4) is 11.3 Å². The highest BCUT2D eigenvalue weighted by atomic mass is 35.5. The number of rotatable bonds is 6. The Morgan fingerprint density at radius 3 is 2.39 bits per heavy atom. The molecule has 1 aromatic heterocycles. The zero-order chi connectivity index (χ0) is 20.3. The third kappa shape index (κ3) is 4.74. The molecule has 2 aromatic carbocycles. The predicted octanol–water partition coefficient (Wildman–Crippen LogP) is 3.85. The lowest BCUT2D eigenvalue weighted by molar-refractivity contribution is 0.549. The molecule has 0 saturated carbocycles. The van der Waals surface area contributed by atoms with E-state index < -0.39 is 10.0 Å². The molecule has 0 atom stereocenters. The summed E-state index contributed by atoms with van der Waals surface area (Å²) in [5.41, 5.74) is 0.999. The number of halogens is 3. The molecule has 0 radical (unpaired) electrons. The summed E-state index contributed by atoms with van der Waals surface area (Å²) in [6, 6.07) is 14.3. The van der Waals surface area contributed by atoms with Crippen LogP contribution >= 0.6 is 34.8 Å². The molecule has 0 aliphatic heterocycles. The predicted molar refractivity (Wildman–Crippen MR) is 111 cm³/mol. The highest BCUT2D eigenvalue weighted by molar-refractivity contribution is 7.89. The van der Waals surface area contributed by atoms with Gasteiger partial charge in [0.1, 0.15) is 4.90 Å². The van der Waals surface area contributed by atoms with Crippen molar-refractivity contribution in [3.05, 3.63) is 80.0 Å². The van der Waals surface area contributed by atoms with E-state index in [0.29, 0.717) is 10.7 Å². The molecule has 0 fully saturated rings. The van der Waals surface area contributed by atoms with E-state index in [-0.39, 0.29) is 33.6 Å². The van der Waals surface area contributed by atoms with Gasteiger partial charge in [-0.05, 0) is 30.3 Å². The molecular weight excluding hydrogens is 445 g/mol. The Hall–Kier alpha value is -1.90. The Balaban J connectivity index is 1.76. The van der Waals surface area contributed by atoms with E-state index in [9.17, 15) is 13.2 Å². The van der Waals surface area contributed by atoms with Crippen LogP contribution < -0.4 is 10.3 Å². The van der Waals surface area contributed by atoms with Gasteiger partial charge in [-0.3, -0.25) is 4.79 Å². The van der Waals surface area contributed by atoms with E-state index in [0.717, 1.165) is 5.56 Å². The van der Waals surface area contributed by atoms with Crippen molar-refractivity contribution in [3.63, 3.8) is 0 Å². The number of hydrogen-bond acceptors (Lipinski definition) is 4. The molecule has 0 saturated heterocycles. The number of hydrogen-bond donors (Lipinski definition) is 1. The van der Waals surface area contributed by atoms with Gasteiger partial charge in [0.05, 0.1) is 22.3 Å². The van der Waals surface area contributed by atoms with Crippen LogP contribution in [0.15, 0.2) is 64.3 Å². The van der Waals surface area contributed by atoms with Crippen molar-refractivity contribution in [2.24, 2.45) is 0 Å². The molecule has 0 unspecified atom stereocenters. The Kier molecular flexibility index (Phi) is 6.42. The first-order valence-electron chi connectivity index (χ1n) is 8.06. The fourth-order valence-corrected chi connectivity index (χ4v) is 4.35. The maximum atomic E-state index is 12.4. The first kappa shape index (κ1) is 20.8. The third-order valence-corrected chi connectivity index (χ3v) is 6.51. The molecule has 1 N–H and O–H groups in total. The average Bonchev–Trinajstić information content (AvgIpc) is 2.66. The van der Waals surface area contributed by atoms with Gasteiger partial charge in [0.25, 0.3) is 5.56 Å². The minimum absolute atomic E-state index is 0.0394. The third-order valence-electron chi connectivity index (χ3n) is 3.83. The lowest BCUT2D eigenvalue weighted by Gasteiger charge is -2.10. The van der Waals surface area contributed by atoms with Crippen LogP contribution in [-0.4, -0.2) is 24.7 Å². The van der Waals surface area contributed by atoms with E-state index in [4.69, 9.17) is 34.8 Å². The molecule has 0 bridgehead atoms. The smallest absolute Gasteiger partial charge is 0.266 e. The van der Waals surface area contributed by atoms with Gasteiger partial charge in [0, 0.05) is 23.2 Å². The molecule has 0 amide bonds. The van der Waals surface area contributed by atoms with Crippen molar-refractivity contribution < 1.29 is 8.42 Å². The Morgan fingerprint density at radius 1 is 0.964 bits per heavy atom. The molecule has 3 aromatic rings. The van der Waals surface area contributed by atoms with Gasteiger partial charge in [0.2, 0.25) is 10.0 Å². The van der Waals surface area contributed by atoms with Crippen LogP contribution in [0.25, 0.3) is 11.3 Å². The van der Waals surface area contributed by atoms with Gasteiger partial charge in [-0.1, -0.05) is 53.0 Å². The fourth-order valence-electron chi connectivity index (χ4n) is 2.44. The lowest BCUT2D eigenvalue weighted by atomic mass is 10.1. The van der Waals surface area contributed by atoms with E-state index >= 15 is 0 Å². The molecule has 10 heteroatoms. The highest BCUT2D eigenvalue weighted by Gasteiger charge is 2.19. The molecule has 0 spiro atoms. The second-order valence-corrected chi connectivity index (χ2v) is 8.69. The molecule has 3 rings (SSSR count). The largest absolute Gasteiger partial charge is 0.268 e. The summed E-state index contributed by atoms with van der Waals surface area (Å²) >= 11 is 17.7. The maximum Gasteiger partial charge on any atom is 0.266 e. The summed E-state index contributed by atoms with van der Waals surface area (Å²) in [5.74, 6) is 0. The minimum Gasteiger partial charge on any atom is -0.268 e. The van der Waals surface area contributed by atoms with Crippen molar-refractivity contribution >= 4 is 44.8 Å². The van der Waals surface area contributed by atoms with E-state index in [1.165, 1.54) is 28.9 Å². The van der Waals surface area contributed by atoms with Crippen LogP contribution in [0.4, 0.5) is 0 Å². The SMILES string of the molecule is O=c1ccc(-c2ccc(Cl)cc2)nn1CCNS(=O)(=O)c1cccc(Cl)c1Cl. The van der Waals surface area contributed by atoms with E-state index in [1.54, 1.807) is 30.3 Å². The molecule has 28 heavy (non-hydrogen) atoms. The van der Waals surface area contributed by atoms with Gasteiger partial charge in [-0.15, -0.1) is 0 Å². The van der Waals surface area contributed by atoms with Crippen molar-refractivity contribution in [1.29, 1.82) is 0 Å². The number of nitrogens with one attached hydrogen (secondary N) is 1. The second kappa shape index (κ2) is 8.63. The van der Waals surface area contributed by atoms with Crippen LogP contribution in [0.1, 0.15) is 0 Å². The first-order valence-corrected chi connectivity index (χ1v) is 10.7. The summed E-state index contributed by atoms with van der Waals surface area (Å²) in [4.78, 5) is 11.9. The molecule has 0 aliphatic carbocycles.